The highest BCUT2D eigenvalue weighted by molar-refractivity contribution is 4.77. The lowest BCUT2D eigenvalue weighted by Crippen LogP contribution is -2.40. The molecule has 1 aliphatic heterocycles. The lowest BCUT2D eigenvalue weighted by molar-refractivity contribution is 0.0385. The van der Waals surface area contributed by atoms with E-state index >= 15 is 0 Å². The van der Waals surface area contributed by atoms with Crippen LogP contribution in [0.3, 0.4) is 0 Å². The van der Waals surface area contributed by atoms with Gasteiger partial charge in [-0.05, 0) is 18.3 Å². The third-order valence-corrected chi connectivity index (χ3v) is 2.18. The van der Waals surface area contributed by atoms with Gasteiger partial charge in [0.25, 0.3) is 0 Å². The summed E-state index contributed by atoms with van der Waals surface area (Å²) < 4.78 is 0. The minimum Gasteiger partial charge on any atom is -0.381 e. The van der Waals surface area contributed by atoms with E-state index in [0.717, 1.165) is 13.1 Å². The van der Waals surface area contributed by atoms with Gasteiger partial charge in [0.1, 0.15) is 0 Å². The van der Waals surface area contributed by atoms with Gasteiger partial charge in [0.15, 0.2) is 0 Å². The molecule has 0 aromatic rings. The predicted octanol–water partition coefficient (Wildman–Crippen LogP) is 1.06. The zero-order valence-corrected chi connectivity index (χ0v) is 6.93. The van der Waals surface area contributed by atoms with Crippen LogP contribution in [0.1, 0.15) is 26.7 Å². The van der Waals surface area contributed by atoms with Gasteiger partial charge >= 0.3 is 0 Å². The summed E-state index contributed by atoms with van der Waals surface area (Å²) in [5.74, 6) is 0. The van der Waals surface area contributed by atoms with Crippen molar-refractivity contribution in [3.05, 3.63) is 0 Å². The van der Waals surface area contributed by atoms with E-state index in [1.807, 2.05) is 0 Å². The number of aliphatic hydroxyl groups is 1. The predicted molar refractivity (Wildman–Crippen MR) is 41.7 cm³/mol. The average Bonchev–Trinajstić information content (AvgIpc) is 1.86. The maximum atomic E-state index is 8.85. The van der Waals surface area contributed by atoms with Crippen LogP contribution in [0, 0.1) is 5.41 Å². The van der Waals surface area contributed by atoms with Crippen LogP contribution in [-0.2, 0) is 0 Å². The topological polar surface area (TPSA) is 23.5 Å². The molecular formula is C8H17NO. The van der Waals surface area contributed by atoms with E-state index in [-0.39, 0.29) is 6.73 Å². The van der Waals surface area contributed by atoms with Crippen LogP contribution >= 0.6 is 0 Å². The molecule has 0 aromatic heterocycles. The van der Waals surface area contributed by atoms with Crippen LogP contribution in [0.15, 0.2) is 0 Å². The fourth-order valence-electron chi connectivity index (χ4n) is 1.67. The number of nitrogens with zero attached hydrogens (tertiary/aromatic N) is 1. The lowest BCUT2D eigenvalue weighted by Gasteiger charge is -2.36. The van der Waals surface area contributed by atoms with Crippen molar-refractivity contribution in [1.29, 1.82) is 0 Å². The van der Waals surface area contributed by atoms with Crippen LogP contribution in [-0.4, -0.2) is 29.8 Å². The number of piperidine rings is 1. The van der Waals surface area contributed by atoms with E-state index < -0.39 is 0 Å². The van der Waals surface area contributed by atoms with Crippen molar-refractivity contribution in [2.45, 2.75) is 26.7 Å². The summed E-state index contributed by atoms with van der Waals surface area (Å²) in [4.78, 5) is 2.10. The Labute approximate surface area is 62.8 Å². The Morgan fingerprint density at radius 2 is 2.20 bits per heavy atom. The lowest BCUT2D eigenvalue weighted by atomic mass is 9.84. The second kappa shape index (κ2) is 2.89. The summed E-state index contributed by atoms with van der Waals surface area (Å²) in [6.45, 7) is 6.86. The minimum absolute atomic E-state index is 0.226. The minimum atomic E-state index is 0.226. The molecule has 0 spiro atoms. The van der Waals surface area contributed by atoms with Crippen molar-refractivity contribution >= 4 is 0 Å². The molecule has 1 saturated heterocycles. The van der Waals surface area contributed by atoms with Gasteiger partial charge in [-0.2, -0.15) is 0 Å². The van der Waals surface area contributed by atoms with Gasteiger partial charge in [-0.1, -0.05) is 13.8 Å². The van der Waals surface area contributed by atoms with E-state index in [9.17, 15) is 0 Å². The van der Waals surface area contributed by atoms with Crippen LogP contribution < -0.4 is 0 Å². The Balaban J connectivity index is 2.40. The summed E-state index contributed by atoms with van der Waals surface area (Å²) in [7, 11) is 0. The number of rotatable bonds is 1. The third kappa shape index (κ3) is 1.96. The summed E-state index contributed by atoms with van der Waals surface area (Å²) in [5, 5.41) is 8.85. The molecule has 2 nitrogen and oxygen atoms in total. The van der Waals surface area contributed by atoms with Gasteiger partial charge < -0.3 is 5.11 Å². The average molecular weight is 143 g/mol. The van der Waals surface area contributed by atoms with Crippen LogP contribution in [0.25, 0.3) is 0 Å². The highest BCUT2D eigenvalue weighted by Crippen LogP contribution is 2.27. The maximum absolute atomic E-state index is 8.85. The summed E-state index contributed by atoms with van der Waals surface area (Å²) >= 11 is 0. The van der Waals surface area contributed by atoms with Crippen molar-refractivity contribution < 1.29 is 5.11 Å². The molecule has 2 heteroatoms. The largest absolute Gasteiger partial charge is 0.381 e. The molecule has 1 N–H and O–H groups in total. The van der Waals surface area contributed by atoms with Gasteiger partial charge in [0, 0.05) is 13.1 Å². The number of hydrogen-bond acceptors (Lipinski definition) is 2. The van der Waals surface area contributed by atoms with E-state index in [0.29, 0.717) is 5.41 Å². The fourth-order valence-corrected chi connectivity index (χ4v) is 1.67. The fraction of sp³-hybridized carbons (Fsp3) is 1.00. The van der Waals surface area contributed by atoms with Crippen LogP contribution in [0.4, 0.5) is 0 Å². The zero-order valence-electron chi connectivity index (χ0n) is 6.93. The van der Waals surface area contributed by atoms with Gasteiger partial charge in [-0.3, -0.25) is 4.90 Å². The molecule has 1 heterocycles. The first-order chi connectivity index (χ1) is 4.64. The number of aliphatic hydroxyl groups excluding tert-OH is 1. The second-order valence-corrected chi connectivity index (χ2v) is 3.96. The molecule has 1 rings (SSSR count). The third-order valence-electron chi connectivity index (χ3n) is 2.18. The van der Waals surface area contributed by atoms with Crippen molar-refractivity contribution in [3.8, 4) is 0 Å². The van der Waals surface area contributed by atoms with Crippen molar-refractivity contribution in [2.24, 2.45) is 5.41 Å². The molecule has 0 radical (unpaired) electrons. The Hall–Kier alpha value is -0.0800. The second-order valence-electron chi connectivity index (χ2n) is 3.96. The highest BCUT2D eigenvalue weighted by Gasteiger charge is 2.25. The van der Waals surface area contributed by atoms with E-state index in [4.69, 9.17) is 5.11 Å². The molecule has 1 aliphatic rings. The Morgan fingerprint density at radius 1 is 1.50 bits per heavy atom. The van der Waals surface area contributed by atoms with Crippen LogP contribution in [0.5, 0.6) is 0 Å². The molecule has 0 amide bonds. The summed E-state index contributed by atoms with van der Waals surface area (Å²) in [5.41, 5.74) is 0.418. The monoisotopic (exact) mass is 143 g/mol. The van der Waals surface area contributed by atoms with Gasteiger partial charge in [0.05, 0.1) is 6.73 Å². The molecular weight excluding hydrogens is 126 g/mol. The smallest absolute Gasteiger partial charge is 0.0956 e. The number of likely N-dealkylation sites (tertiary alicyclic amines) is 1. The van der Waals surface area contributed by atoms with Crippen molar-refractivity contribution in [3.63, 3.8) is 0 Å². The SMILES string of the molecule is CC1(C)CCCN(CO)C1. The molecule has 0 atom stereocenters. The van der Waals surface area contributed by atoms with Gasteiger partial charge in [-0.25, -0.2) is 0 Å². The normalized spacial score (nSPS) is 26.7. The summed E-state index contributed by atoms with van der Waals surface area (Å²) in [6.07, 6.45) is 2.52. The first-order valence-electron chi connectivity index (χ1n) is 3.97. The van der Waals surface area contributed by atoms with Crippen molar-refractivity contribution in [1.82, 2.24) is 4.90 Å². The summed E-state index contributed by atoms with van der Waals surface area (Å²) in [6, 6.07) is 0. The number of hydrogen-bond donors (Lipinski definition) is 1. The first kappa shape index (κ1) is 8.02. The van der Waals surface area contributed by atoms with Crippen molar-refractivity contribution in [2.75, 3.05) is 19.8 Å². The Morgan fingerprint density at radius 3 is 2.60 bits per heavy atom. The standard InChI is InChI=1S/C8H17NO/c1-8(2)4-3-5-9(6-8)7-10/h10H,3-7H2,1-2H3. The molecule has 0 aromatic carbocycles. The Bertz CT molecular complexity index is 112. The molecule has 0 saturated carbocycles. The highest BCUT2D eigenvalue weighted by atomic mass is 16.3. The first-order valence-corrected chi connectivity index (χ1v) is 3.97. The molecule has 0 unspecified atom stereocenters. The quantitative estimate of drug-likeness (QED) is 0.593. The molecule has 10 heavy (non-hydrogen) atoms. The molecule has 60 valence electrons. The van der Waals surface area contributed by atoms with Gasteiger partial charge in [-0.15, -0.1) is 0 Å². The van der Waals surface area contributed by atoms with E-state index in [1.165, 1.54) is 12.8 Å². The molecule has 0 bridgehead atoms. The van der Waals surface area contributed by atoms with E-state index in [2.05, 4.69) is 18.7 Å². The van der Waals surface area contributed by atoms with Gasteiger partial charge in [0.2, 0.25) is 0 Å². The van der Waals surface area contributed by atoms with Crippen LogP contribution in [0.2, 0.25) is 0 Å². The Kier molecular flexibility index (Phi) is 2.32. The molecule has 1 fully saturated rings. The van der Waals surface area contributed by atoms with E-state index in [1.54, 1.807) is 0 Å². The maximum Gasteiger partial charge on any atom is 0.0956 e. The zero-order chi connectivity index (χ0) is 7.61. The molecule has 0 aliphatic carbocycles.